The number of halogens is 3. The van der Waals surface area contributed by atoms with E-state index >= 15 is 0 Å². The molecule has 1 aromatic carbocycles. The molecule has 0 saturated carbocycles. The molecule has 1 aromatic rings. The van der Waals surface area contributed by atoms with Gasteiger partial charge in [0.25, 0.3) is 0 Å². The monoisotopic (exact) mass is 290 g/mol. The highest BCUT2D eigenvalue weighted by molar-refractivity contribution is 9.10. The molecule has 0 spiro atoms. The third-order valence-corrected chi connectivity index (χ3v) is 3.08. The summed E-state index contributed by atoms with van der Waals surface area (Å²) in [6.45, 7) is 1.93. The smallest absolute Gasteiger partial charge is 0.159 e. The average molecular weight is 291 g/mol. The third kappa shape index (κ3) is 3.67. The first kappa shape index (κ1) is 13.3. The van der Waals surface area contributed by atoms with Crippen LogP contribution in [0.4, 0.5) is 8.78 Å². The van der Waals surface area contributed by atoms with E-state index in [0.717, 1.165) is 18.6 Å². The molecular formula is C12H13BrF2O. The summed E-state index contributed by atoms with van der Waals surface area (Å²) in [6.07, 6.45) is 1.67. The molecule has 0 bridgehead atoms. The van der Waals surface area contributed by atoms with Crippen molar-refractivity contribution in [2.75, 3.05) is 0 Å². The number of hydrogen-bond donors (Lipinski definition) is 0. The zero-order valence-electron chi connectivity index (χ0n) is 8.97. The summed E-state index contributed by atoms with van der Waals surface area (Å²) in [4.78, 5) is 11.2. The maximum Gasteiger partial charge on any atom is 0.159 e. The number of rotatable bonds is 5. The van der Waals surface area contributed by atoms with Crippen molar-refractivity contribution in [2.24, 2.45) is 0 Å². The van der Waals surface area contributed by atoms with Crippen molar-refractivity contribution in [3.05, 3.63) is 35.4 Å². The number of ketones is 1. The van der Waals surface area contributed by atoms with Crippen LogP contribution in [-0.4, -0.2) is 10.6 Å². The van der Waals surface area contributed by atoms with Gasteiger partial charge in [0, 0.05) is 6.42 Å². The quantitative estimate of drug-likeness (QED) is 0.757. The molecule has 0 N–H and O–H groups in total. The molecule has 0 aliphatic rings. The van der Waals surface area contributed by atoms with E-state index in [9.17, 15) is 13.6 Å². The third-order valence-electron chi connectivity index (χ3n) is 2.24. The van der Waals surface area contributed by atoms with Gasteiger partial charge in [-0.2, -0.15) is 0 Å². The molecule has 0 aromatic heterocycles. The van der Waals surface area contributed by atoms with E-state index < -0.39 is 11.6 Å². The lowest BCUT2D eigenvalue weighted by atomic mass is 10.1. The number of carbonyl (C=O) groups excluding carboxylic acids is 1. The van der Waals surface area contributed by atoms with Gasteiger partial charge in [-0.15, -0.1) is 0 Å². The topological polar surface area (TPSA) is 17.1 Å². The predicted octanol–water partition coefficient (Wildman–Crippen LogP) is 3.64. The molecule has 0 aliphatic heterocycles. The van der Waals surface area contributed by atoms with E-state index in [1.165, 1.54) is 6.07 Å². The Balaban J connectivity index is 2.66. The molecule has 0 saturated heterocycles. The van der Waals surface area contributed by atoms with E-state index in [2.05, 4.69) is 15.9 Å². The van der Waals surface area contributed by atoms with Crippen LogP contribution in [-0.2, 0) is 11.2 Å². The van der Waals surface area contributed by atoms with Crippen LogP contribution in [0.5, 0.6) is 0 Å². The zero-order valence-corrected chi connectivity index (χ0v) is 10.6. The molecule has 16 heavy (non-hydrogen) atoms. The molecule has 1 atom stereocenters. The van der Waals surface area contributed by atoms with Gasteiger partial charge in [-0.05, 0) is 30.5 Å². The summed E-state index contributed by atoms with van der Waals surface area (Å²) in [7, 11) is 0. The van der Waals surface area contributed by atoms with E-state index in [1.807, 2.05) is 6.92 Å². The molecule has 0 radical (unpaired) electrons. The Morgan fingerprint density at radius 3 is 2.62 bits per heavy atom. The molecular weight excluding hydrogens is 278 g/mol. The van der Waals surface area contributed by atoms with Crippen molar-refractivity contribution >= 4 is 21.7 Å². The average Bonchev–Trinajstić information content (AvgIpc) is 2.24. The largest absolute Gasteiger partial charge is 0.298 e. The molecule has 88 valence electrons. The lowest BCUT2D eigenvalue weighted by Crippen LogP contribution is -2.16. The lowest BCUT2D eigenvalue weighted by Gasteiger charge is -2.08. The molecule has 1 unspecified atom stereocenters. The summed E-state index contributed by atoms with van der Waals surface area (Å²) in [6, 6.07) is 3.70. The SMILES string of the molecule is CCCC(=O)C(Br)Cc1ccc(F)c(F)c1. The Kier molecular flexibility index (Phi) is 5.06. The Bertz CT molecular complexity index is 379. The fourth-order valence-electron chi connectivity index (χ4n) is 1.39. The second-order valence-corrected chi connectivity index (χ2v) is 4.74. The summed E-state index contributed by atoms with van der Waals surface area (Å²) < 4.78 is 25.6. The first-order chi connectivity index (χ1) is 7.54. The van der Waals surface area contributed by atoms with Gasteiger partial charge in [0.15, 0.2) is 11.6 Å². The highest BCUT2D eigenvalue weighted by Crippen LogP contribution is 2.15. The Morgan fingerprint density at radius 1 is 1.38 bits per heavy atom. The van der Waals surface area contributed by atoms with Crippen LogP contribution >= 0.6 is 15.9 Å². The maximum absolute atomic E-state index is 12.9. The number of alkyl halides is 1. The van der Waals surface area contributed by atoms with Crippen LogP contribution in [0.3, 0.4) is 0 Å². The van der Waals surface area contributed by atoms with Crippen LogP contribution in [0.15, 0.2) is 18.2 Å². The van der Waals surface area contributed by atoms with Crippen LogP contribution in [0.25, 0.3) is 0 Å². The van der Waals surface area contributed by atoms with Gasteiger partial charge < -0.3 is 0 Å². The molecule has 1 nitrogen and oxygen atoms in total. The first-order valence-electron chi connectivity index (χ1n) is 5.15. The number of carbonyl (C=O) groups is 1. The molecule has 4 heteroatoms. The Labute approximate surface area is 102 Å². The summed E-state index contributed by atoms with van der Waals surface area (Å²) in [5.41, 5.74) is 0.616. The number of hydrogen-bond acceptors (Lipinski definition) is 1. The summed E-state index contributed by atoms with van der Waals surface area (Å²) >= 11 is 3.26. The highest BCUT2D eigenvalue weighted by Gasteiger charge is 2.15. The van der Waals surface area contributed by atoms with Gasteiger partial charge in [-0.25, -0.2) is 8.78 Å². The predicted molar refractivity (Wildman–Crippen MR) is 62.7 cm³/mol. The van der Waals surface area contributed by atoms with E-state index in [0.29, 0.717) is 18.4 Å². The van der Waals surface area contributed by atoms with Crippen molar-refractivity contribution in [3.8, 4) is 0 Å². The van der Waals surface area contributed by atoms with Crippen LogP contribution in [0, 0.1) is 11.6 Å². The van der Waals surface area contributed by atoms with Crippen LogP contribution in [0.2, 0.25) is 0 Å². The van der Waals surface area contributed by atoms with E-state index in [4.69, 9.17) is 0 Å². The summed E-state index contributed by atoms with van der Waals surface area (Å²) in [5, 5.41) is 0. The van der Waals surface area contributed by atoms with Crippen molar-refractivity contribution in [1.82, 2.24) is 0 Å². The molecule has 0 fully saturated rings. The van der Waals surface area contributed by atoms with Gasteiger partial charge in [-0.1, -0.05) is 28.9 Å². The van der Waals surface area contributed by atoms with Gasteiger partial charge in [-0.3, -0.25) is 4.79 Å². The Hall–Kier alpha value is -0.770. The lowest BCUT2D eigenvalue weighted by molar-refractivity contribution is -0.118. The number of Topliss-reactive ketones (excluding diaryl/α,β-unsaturated/α-hetero) is 1. The fraction of sp³-hybridized carbons (Fsp3) is 0.417. The van der Waals surface area contributed by atoms with Gasteiger partial charge in [0.1, 0.15) is 5.78 Å². The molecule has 0 aliphatic carbocycles. The number of benzene rings is 1. The van der Waals surface area contributed by atoms with Crippen molar-refractivity contribution in [3.63, 3.8) is 0 Å². The van der Waals surface area contributed by atoms with Crippen molar-refractivity contribution < 1.29 is 13.6 Å². The molecule has 0 amide bonds. The van der Waals surface area contributed by atoms with Crippen molar-refractivity contribution in [1.29, 1.82) is 0 Å². The van der Waals surface area contributed by atoms with E-state index in [-0.39, 0.29) is 10.6 Å². The Morgan fingerprint density at radius 2 is 2.06 bits per heavy atom. The van der Waals surface area contributed by atoms with Crippen LogP contribution in [0.1, 0.15) is 25.3 Å². The minimum Gasteiger partial charge on any atom is -0.298 e. The first-order valence-corrected chi connectivity index (χ1v) is 6.07. The summed E-state index contributed by atoms with van der Waals surface area (Å²) in [5.74, 6) is -1.65. The minimum atomic E-state index is -0.875. The second-order valence-electron chi connectivity index (χ2n) is 3.64. The standard InChI is InChI=1S/C12H13BrF2O/c1-2-3-12(16)9(13)6-8-4-5-10(14)11(15)7-8/h4-5,7,9H,2-3,6H2,1H3. The second kappa shape index (κ2) is 6.09. The molecule has 1 rings (SSSR count). The van der Waals surface area contributed by atoms with Crippen LogP contribution < -0.4 is 0 Å². The zero-order chi connectivity index (χ0) is 12.1. The van der Waals surface area contributed by atoms with Gasteiger partial charge in [0.05, 0.1) is 4.83 Å². The molecule has 0 heterocycles. The normalized spacial score (nSPS) is 12.5. The van der Waals surface area contributed by atoms with Crippen molar-refractivity contribution in [2.45, 2.75) is 31.0 Å². The highest BCUT2D eigenvalue weighted by atomic mass is 79.9. The fourth-order valence-corrected chi connectivity index (χ4v) is 1.99. The maximum atomic E-state index is 12.9. The minimum absolute atomic E-state index is 0.0900. The van der Waals surface area contributed by atoms with Gasteiger partial charge >= 0.3 is 0 Å². The van der Waals surface area contributed by atoms with Gasteiger partial charge in [0.2, 0.25) is 0 Å². The van der Waals surface area contributed by atoms with E-state index in [1.54, 1.807) is 0 Å².